The Hall–Kier alpha value is -2.44. The number of aromatic nitrogens is 4. The van der Waals surface area contributed by atoms with E-state index in [0.29, 0.717) is 6.54 Å². The molecule has 0 radical (unpaired) electrons. The Morgan fingerprint density at radius 2 is 2.14 bits per heavy atom. The van der Waals surface area contributed by atoms with Crippen LogP contribution in [-0.2, 0) is 4.79 Å². The highest BCUT2D eigenvalue weighted by atomic mass is 16.1. The zero-order chi connectivity index (χ0) is 20.2. The number of rotatable bonds is 6. The van der Waals surface area contributed by atoms with Crippen molar-refractivity contribution in [3.63, 3.8) is 0 Å². The van der Waals surface area contributed by atoms with Crippen LogP contribution < -0.4 is 10.2 Å². The zero-order valence-corrected chi connectivity index (χ0v) is 17.6. The van der Waals surface area contributed by atoms with Crippen molar-refractivity contribution in [2.24, 2.45) is 5.92 Å². The number of nitrogens with zero attached hydrogens (tertiary/aromatic N) is 5. The minimum Gasteiger partial charge on any atom is -0.355 e. The summed E-state index contributed by atoms with van der Waals surface area (Å²) in [7, 11) is 0. The molecule has 1 aliphatic heterocycles. The molecule has 1 atom stereocenters. The molecule has 3 heterocycles. The van der Waals surface area contributed by atoms with Crippen LogP contribution in [0.4, 0.5) is 5.82 Å². The maximum Gasteiger partial charge on any atom is 0.224 e. The molecule has 7 heteroatoms. The summed E-state index contributed by atoms with van der Waals surface area (Å²) >= 11 is 0. The number of fused-ring (bicyclic) bond motifs is 1. The van der Waals surface area contributed by atoms with Crippen LogP contribution in [-0.4, -0.2) is 45.4 Å². The third-order valence-corrected chi connectivity index (χ3v) is 6.04. The lowest BCUT2D eigenvalue weighted by Gasteiger charge is -2.32. The lowest BCUT2D eigenvalue weighted by Crippen LogP contribution is -2.43. The Morgan fingerprint density at radius 1 is 1.24 bits per heavy atom. The van der Waals surface area contributed by atoms with Gasteiger partial charge in [-0.25, -0.2) is 0 Å². The largest absolute Gasteiger partial charge is 0.355 e. The second-order valence-electron chi connectivity index (χ2n) is 8.61. The first-order valence-electron chi connectivity index (χ1n) is 11.0. The fourth-order valence-electron chi connectivity index (χ4n) is 4.35. The van der Waals surface area contributed by atoms with E-state index < -0.39 is 0 Å². The first kappa shape index (κ1) is 19.9. The van der Waals surface area contributed by atoms with Crippen molar-refractivity contribution in [3.05, 3.63) is 29.6 Å². The summed E-state index contributed by atoms with van der Waals surface area (Å²) in [5, 5.41) is 16.4. The van der Waals surface area contributed by atoms with Crippen LogP contribution in [0.5, 0.6) is 0 Å². The molecule has 29 heavy (non-hydrogen) atoms. The third-order valence-electron chi connectivity index (χ3n) is 6.04. The van der Waals surface area contributed by atoms with Gasteiger partial charge in [-0.05, 0) is 57.1 Å². The van der Waals surface area contributed by atoms with Crippen LogP contribution in [0.15, 0.2) is 23.8 Å². The van der Waals surface area contributed by atoms with E-state index in [1.54, 1.807) is 0 Å². The predicted molar refractivity (Wildman–Crippen MR) is 114 cm³/mol. The van der Waals surface area contributed by atoms with Gasteiger partial charge in [-0.2, -0.15) is 4.52 Å². The van der Waals surface area contributed by atoms with Crippen LogP contribution >= 0.6 is 0 Å². The number of carbonyl (C=O) groups is 1. The van der Waals surface area contributed by atoms with Crippen molar-refractivity contribution in [1.29, 1.82) is 0 Å². The van der Waals surface area contributed by atoms with Gasteiger partial charge in [-0.3, -0.25) is 4.79 Å². The second kappa shape index (κ2) is 8.93. The van der Waals surface area contributed by atoms with Gasteiger partial charge in [0.25, 0.3) is 0 Å². The van der Waals surface area contributed by atoms with Gasteiger partial charge in [0.2, 0.25) is 5.91 Å². The number of allylic oxidation sites excluding steroid dienone is 1. The molecule has 0 bridgehead atoms. The molecule has 156 valence electrons. The number of amides is 1. The molecule has 1 N–H and O–H groups in total. The molecule has 0 spiro atoms. The van der Waals surface area contributed by atoms with Gasteiger partial charge < -0.3 is 10.2 Å². The van der Waals surface area contributed by atoms with E-state index in [-0.39, 0.29) is 17.7 Å². The highest BCUT2D eigenvalue weighted by molar-refractivity contribution is 5.79. The van der Waals surface area contributed by atoms with Crippen molar-refractivity contribution in [3.8, 4) is 0 Å². The highest BCUT2D eigenvalue weighted by Crippen LogP contribution is 2.23. The molecule has 1 amide bonds. The van der Waals surface area contributed by atoms with Gasteiger partial charge >= 0.3 is 0 Å². The first-order chi connectivity index (χ1) is 14.1. The minimum atomic E-state index is 0.0204. The van der Waals surface area contributed by atoms with E-state index in [0.717, 1.165) is 49.6 Å². The smallest absolute Gasteiger partial charge is 0.224 e. The normalized spacial score (nSPS) is 20.2. The average molecular weight is 397 g/mol. The maximum atomic E-state index is 12.7. The molecule has 4 rings (SSSR count). The van der Waals surface area contributed by atoms with E-state index in [2.05, 4.69) is 40.3 Å². The number of nitrogens with one attached hydrogen (secondary N) is 1. The molecule has 7 nitrogen and oxygen atoms in total. The molecule has 1 aliphatic carbocycles. The van der Waals surface area contributed by atoms with Gasteiger partial charge in [-0.15, -0.1) is 15.3 Å². The van der Waals surface area contributed by atoms with Crippen LogP contribution in [0.3, 0.4) is 0 Å². The van der Waals surface area contributed by atoms with E-state index in [9.17, 15) is 4.79 Å². The molecule has 1 saturated heterocycles. The fourth-order valence-corrected chi connectivity index (χ4v) is 4.35. The fraction of sp³-hybridized carbons (Fsp3) is 0.636. The molecule has 2 aromatic heterocycles. The Balaban J connectivity index is 1.37. The monoisotopic (exact) mass is 396 g/mol. The van der Waals surface area contributed by atoms with Crippen molar-refractivity contribution >= 4 is 17.4 Å². The van der Waals surface area contributed by atoms with Crippen molar-refractivity contribution in [2.45, 2.75) is 64.7 Å². The summed E-state index contributed by atoms with van der Waals surface area (Å²) in [5.41, 5.74) is 2.27. The quantitative estimate of drug-likeness (QED) is 0.757. The maximum absolute atomic E-state index is 12.7. The van der Waals surface area contributed by atoms with Gasteiger partial charge in [-0.1, -0.05) is 25.5 Å². The van der Waals surface area contributed by atoms with Gasteiger partial charge in [0, 0.05) is 25.6 Å². The number of hydrogen-bond acceptors (Lipinski definition) is 5. The lowest BCUT2D eigenvalue weighted by atomic mass is 9.96. The first-order valence-corrected chi connectivity index (χ1v) is 11.0. The molecular weight excluding hydrogens is 364 g/mol. The number of piperidine rings is 1. The third kappa shape index (κ3) is 4.60. The lowest BCUT2D eigenvalue weighted by molar-refractivity contribution is -0.125. The van der Waals surface area contributed by atoms with Crippen LogP contribution in [0.1, 0.15) is 70.5 Å². The van der Waals surface area contributed by atoms with Gasteiger partial charge in [0.1, 0.15) is 5.82 Å². The van der Waals surface area contributed by atoms with Gasteiger partial charge in [0.05, 0.1) is 5.92 Å². The second-order valence-corrected chi connectivity index (χ2v) is 8.61. The Bertz CT molecular complexity index is 887. The Kier molecular flexibility index (Phi) is 6.11. The summed E-state index contributed by atoms with van der Waals surface area (Å²) in [4.78, 5) is 15.0. The van der Waals surface area contributed by atoms with E-state index in [1.165, 1.54) is 31.3 Å². The molecular formula is C22H32N6O. The van der Waals surface area contributed by atoms with Gasteiger partial charge in [0.15, 0.2) is 11.5 Å². The number of anilines is 1. The Labute approximate surface area is 172 Å². The minimum absolute atomic E-state index is 0.0204. The average Bonchev–Trinajstić information content (AvgIpc) is 3.18. The van der Waals surface area contributed by atoms with Crippen LogP contribution in [0.2, 0.25) is 0 Å². The molecule has 0 aromatic carbocycles. The van der Waals surface area contributed by atoms with E-state index in [1.807, 2.05) is 16.6 Å². The van der Waals surface area contributed by atoms with Crippen molar-refractivity contribution in [2.75, 3.05) is 24.5 Å². The van der Waals surface area contributed by atoms with Crippen LogP contribution in [0.25, 0.3) is 5.65 Å². The van der Waals surface area contributed by atoms with Crippen molar-refractivity contribution in [1.82, 2.24) is 25.1 Å². The summed E-state index contributed by atoms with van der Waals surface area (Å²) in [5.74, 6) is 2.22. The standard InChI is InChI=1S/C22H32N6O/c1-16(2)21-25-24-19-10-11-20(26-28(19)21)27-14-6-9-18(15-27)22(29)23-13-12-17-7-4-3-5-8-17/h7,10-11,16,18H,3-6,8-9,12-15H2,1-2H3,(H,23,29)/t18-/m0/s1. The van der Waals surface area contributed by atoms with Crippen molar-refractivity contribution < 1.29 is 4.79 Å². The van der Waals surface area contributed by atoms with E-state index >= 15 is 0 Å². The SMILES string of the molecule is CC(C)c1nnc2ccc(N3CCC[C@H](C(=O)NCCC4=CCCCC4)C3)nn12. The number of carbonyl (C=O) groups excluding carboxylic acids is 1. The summed E-state index contributed by atoms with van der Waals surface area (Å²) < 4.78 is 1.83. The number of hydrogen-bond donors (Lipinski definition) is 1. The molecule has 0 unspecified atom stereocenters. The molecule has 0 saturated carbocycles. The van der Waals surface area contributed by atoms with Crippen LogP contribution in [0, 0.1) is 5.92 Å². The topological polar surface area (TPSA) is 75.4 Å². The highest BCUT2D eigenvalue weighted by Gasteiger charge is 2.27. The Morgan fingerprint density at radius 3 is 2.93 bits per heavy atom. The molecule has 2 aliphatic rings. The summed E-state index contributed by atoms with van der Waals surface area (Å²) in [6, 6.07) is 3.95. The summed E-state index contributed by atoms with van der Waals surface area (Å²) in [6.45, 7) is 6.58. The predicted octanol–water partition coefficient (Wildman–Crippen LogP) is 3.47. The van der Waals surface area contributed by atoms with E-state index in [4.69, 9.17) is 5.10 Å². The zero-order valence-electron chi connectivity index (χ0n) is 17.6. The summed E-state index contributed by atoms with van der Waals surface area (Å²) in [6.07, 6.45) is 10.3. The molecule has 2 aromatic rings. The molecule has 1 fully saturated rings.